The van der Waals surface area contributed by atoms with E-state index in [1.165, 1.54) is 0 Å². The third kappa shape index (κ3) is 4.85. The summed E-state index contributed by atoms with van der Waals surface area (Å²) in [4.78, 5) is 15.7. The number of halogens is 1. The molecule has 0 radical (unpaired) electrons. The number of nitrogens with zero attached hydrogens (tertiary/aromatic N) is 1. The fraction of sp³-hybridized carbons (Fsp3) is 0.650. The summed E-state index contributed by atoms with van der Waals surface area (Å²) in [6.07, 6.45) is 2.42. The number of hydrogen-bond donors (Lipinski definition) is 1. The molecule has 1 aromatic carbocycles. The molecule has 1 N–H and O–H groups in total. The fourth-order valence-corrected chi connectivity index (χ4v) is 4.04. The maximum atomic E-state index is 13.3. The van der Waals surface area contributed by atoms with Crippen molar-refractivity contribution in [2.75, 3.05) is 46.1 Å². The van der Waals surface area contributed by atoms with Crippen molar-refractivity contribution in [3.63, 3.8) is 0 Å². The van der Waals surface area contributed by atoms with E-state index in [4.69, 9.17) is 9.47 Å². The first kappa shape index (κ1) is 19.8. The molecular formula is C20H29BrN2O3. The summed E-state index contributed by atoms with van der Waals surface area (Å²) in [5.41, 5.74) is 0.605. The molecule has 144 valence electrons. The van der Waals surface area contributed by atoms with Gasteiger partial charge in [-0.2, -0.15) is 0 Å². The zero-order valence-electron chi connectivity index (χ0n) is 15.5. The lowest BCUT2D eigenvalue weighted by molar-refractivity contribution is -0.131. The average Bonchev–Trinajstić information content (AvgIpc) is 2.68. The summed E-state index contributed by atoms with van der Waals surface area (Å²) >= 11 is 3.48. The molecule has 2 aliphatic heterocycles. The minimum absolute atomic E-state index is 0.137. The van der Waals surface area contributed by atoms with Crippen molar-refractivity contribution in [1.82, 2.24) is 10.2 Å². The lowest BCUT2D eigenvalue weighted by atomic mass is 9.73. The molecule has 1 unspecified atom stereocenters. The molecule has 0 spiro atoms. The van der Waals surface area contributed by atoms with Gasteiger partial charge in [0, 0.05) is 43.4 Å². The van der Waals surface area contributed by atoms with Crippen molar-refractivity contribution in [2.24, 2.45) is 0 Å². The zero-order chi connectivity index (χ0) is 18.4. The minimum atomic E-state index is -0.480. The number of carbonyl (C=O) groups excluding carboxylic acids is 1. The maximum absolute atomic E-state index is 13.3. The van der Waals surface area contributed by atoms with E-state index in [1.807, 2.05) is 12.1 Å². The van der Waals surface area contributed by atoms with Crippen LogP contribution in [0.4, 0.5) is 0 Å². The molecule has 5 nitrogen and oxygen atoms in total. The third-order valence-corrected chi connectivity index (χ3v) is 6.07. The van der Waals surface area contributed by atoms with E-state index in [1.54, 1.807) is 0 Å². The number of rotatable bonds is 6. The third-order valence-electron chi connectivity index (χ3n) is 5.54. The molecule has 1 amide bonds. The van der Waals surface area contributed by atoms with Gasteiger partial charge in [-0.1, -0.05) is 28.1 Å². The standard InChI is InChI=1S/C20H29BrN2O3/c1-16(6-9-23-10-14-26-15-11-23)22-19(24)20(7-12-25-13-8-20)17-2-4-18(21)5-3-17/h2-5,16H,6-15H2,1H3,(H,22,24). The number of amides is 1. The van der Waals surface area contributed by atoms with Crippen molar-refractivity contribution < 1.29 is 14.3 Å². The summed E-state index contributed by atoms with van der Waals surface area (Å²) < 4.78 is 12.0. The molecule has 0 aliphatic carbocycles. The summed E-state index contributed by atoms with van der Waals surface area (Å²) in [5, 5.41) is 3.28. The first-order valence-electron chi connectivity index (χ1n) is 9.55. The van der Waals surface area contributed by atoms with Crippen molar-refractivity contribution in [2.45, 2.75) is 37.6 Å². The number of hydrogen-bond acceptors (Lipinski definition) is 4. The Kier molecular flexibility index (Phi) is 7.09. The smallest absolute Gasteiger partial charge is 0.231 e. The Morgan fingerprint density at radius 1 is 1.15 bits per heavy atom. The van der Waals surface area contributed by atoms with E-state index in [0.717, 1.165) is 62.1 Å². The van der Waals surface area contributed by atoms with Crippen molar-refractivity contribution in [1.29, 1.82) is 0 Å². The molecule has 6 heteroatoms. The summed E-state index contributed by atoms with van der Waals surface area (Å²) in [6.45, 7) is 7.96. The zero-order valence-corrected chi connectivity index (χ0v) is 17.1. The minimum Gasteiger partial charge on any atom is -0.381 e. The van der Waals surface area contributed by atoms with Gasteiger partial charge >= 0.3 is 0 Å². The van der Waals surface area contributed by atoms with Crippen LogP contribution in [-0.4, -0.2) is 62.9 Å². The topological polar surface area (TPSA) is 50.8 Å². The Morgan fingerprint density at radius 2 is 1.77 bits per heavy atom. The molecule has 26 heavy (non-hydrogen) atoms. The van der Waals surface area contributed by atoms with E-state index < -0.39 is 5.41 Å². The quantitative estimate of drug-likeness (QED) is 0.762. The molecule has 0 aromatic heterocycles. The molecular weight excluding hydrogens is 396 g/mol. The van der Waals surface area contributed by atoms with Crippen LogP contribution in [0, 0.1) is 0 Å². The van der Waals surface area contributed by atoms with Crippen molar-refractivity contribution in [3.05, 3.63) is 34.3 Å². The molecule has 2 aliphatic rings. The number of benzene rings is 1. The van der Waals surface area contributed by atoms with Crippen LogP contribution in [0.3, 0.4) is 0 Å². The van der Waals surface area contributed by atoms with Gasteiger partial charge in [-0.15, -0.1) is 0 Å². The predicted octanol–water partition coefficient (Wildman–Crippen LogP) is 2.72. The molecule has 3 rings (SSSR count). The number of ether oxygens (including phenoxy) is 2. The van der Waals surface area contributed by atoms with E-state index in [-0.39, 0.29) is 11.9 Å². The Morgan fingerprint density at radius 3 is 2.42 bits per heavy atom. The van der Waals surface area contributed by atoms with Gasteiger partial charge in [0.1, 0.15) is 0 Å². The molecule has 2 fully saturated rings. The normalized spacial score (nSPS) is 21.9. The van der Waals surface area contributed by atoms with Gasteiger partial charge in [-0.25, -0.2) is 0 Å². The van der Waals surface area contributed by atoms with Crippen LogP contribution in [0.1, 0.15) is 31.7 Å². The van der Waals surface area contributed by atoms with Crippen LogP contribution < -0.4 is 5.32 Å². The number of nitrogens with one attached hydrogen (secondary N) is 1. The van der Waals surface area contributed by atoms with Gasteiger partial charge in [-0.3, -0.25) is 9.69 Å². The molecule has 2 heterocycles. The van der Waals surface area contributed by atoms with Gasteiger partial charge in [0.15, 0.2) is 0 Å². The predicted molar refractivity (Wildman–Crippen MR) is 105 cm³/mol. The number of carbonyl (C=O) groups is 1. The van der Waals surface area contributed by atoms with Gasteiger partial charge in [0.25, 0.3) is 0 Å². The Labute approximate surface area is 164 Å². The Balaban J connectivity index is 1.62. The first-order chi connectivity index (χ1) is 12.6. The Hall–Kier alpha value is -0.950. The molecule has 2 saturated heterocycles. The van der Waals surface area contributed by atoms with Crippen molar-refractivity contribution >= 4 is 21.8 Å². The molecule has 0 bridgehead atoms. The number of morpholine rings is 1. The fourth-order valence-electron chi connectivity index (χ4n) is 3.77. The van der Waals surface area contributed by atoms with E-state index >= 15 is 0 Å². The van der Waals surface area contributed by atoms with Gasteiger partial charge < -0.3 is 14.8 Å². The maximum Gasteiger partial charge on any atom is 0.231 e. The summed E-state index contributed by atoms with van der Waals surface area (Å²) in [6, 6.07) is 8.31. The van der Waals surface area contributed by atoms with Crippen LogP contribution in [0.2, 0.25) is 0 Å². The van der Waals surface area contributed by atoms with Crippen molar-refractivity contribution in [3.8, 4) is 0 Å². The highest BCUT2D eigenvalue weighted by Crippen LogP contribution is 2.36. The second-order valence-corrected chi connectivity index (χ2v) is 8.23. The van der Waals surface area contributed by atoms with Gasteiger partial charge in [0.2, 0.25) is 5.91 Å². The van der Waals surface area contributed by atoms with E-state index in [9.17, 15) is 4.79 Å². The SMILES string of the molecule is CC(CCN1CCOCC1)NC(=O)C1(c2ccc(Br)cc2)CCOCC1. The highest BCUT2D eigenvalue weighted by molar-refractivity contribution is 9.10. The second-order valence-electron chi connectivity index (χ2n) is 7.32. The van der Waals surface area contributed by atoms with Gasteiger partial charge in [0.05, 0.1) is 18.6 Å². The van der Waals surface area contributed by atoms with Crippen LogP contribution in [0.25, 0.3) is 0 Å². The Bertz CT molecular complexity index is 581. The lowest BCUT2D eigenvalue weighted by Gasteiger charge is -2.37. The van der Waals surface area contributed by atoms with Crippen LogP contribution >= 0.6 is 15.9 Å². The second kappa shape index (κ2) is 9.31. The highest BCUT2D eigenvalue weighted by atomic mass is 79.9. The molecule has 1 atom stereocenters. The highest BCUT2D eigenvalue weighted by Gasteiger charge is 2.42. The summed E-state index contributed by atoms with van der Waals surface area (Å²) in [7, 11) is 0. The van der Waals surface area contributed by atoms with E-state index in [2.05, 4.69) is 45.2 Å². The molecule has 1 aromatic rings. The van der Waals surface area contributed by atoms with Crippen LogP contribution in [0.15, 0.2) is 28.7 Å². The van der Waals surface area contributed by atoms with Crippen LogP contribution in [-0.2, 0) is 19.7 Å². The van der Waals surface area contributed by atoms with Crippen LogP contribution in [0.5, 0.6) is 0 Å². The largest absolute Gasteiger partial charge is 0.381 e. The first-order valence-corrected chi connectivity index (χ1v) is 10.3. The average molecular weight is 425 g/mol. The summed E-state index contributed by atoms with van der Waals surface area (Å²) in [5.74, 6) is 0.137. The van der Waals surface area contributed by atoms with Gasteiger partial charge in [-0.05, 0) is 43.9 Å². The van der Waals surface area contributed by atoms with E-state index in [0.29, 0.717) is 13.2 Å². The monoisotopic (exact) mass is 424 g/mol. The molecule has 0 saturated carbocycles. The lowest BCUT2D eigenvalue weighted by Crippen LogP contribution is -2.51.